The Morgan fingerprint density at radius 2 is 1.50 bits per heavy atom. The average molecular weight is 168 g/mol. The van der Waals surface area contributed by atoms with E-state index in [0.717, 1.165) is 6.54 Å². The van der Waals surface area contributed by atoms with Crippen LogP contribution in [0.3, 0.4) is 0 Å². The first-order valence-corrected chi connectivity index (χ1v) is 4.97. The minimum Gasteiger partial charge on any atom is -0.293 e. The van der Waals surface area contributed by atoms with Crippen LogP contribution in [0.2, 0.25) is 0 Å². The van der Waals surface area contributed by atoms with Crippen molar-refractivity contribution in [1.29, 1.82) is 0 Å². The predicted molar refractivity (Wildman–Crippen MR) is 54.1 cm³/mol. The Kier molecular flexibility index (Phi) is 2.53. The first-order valence-electron chi connectivity index (χ1n) is 4.97. The van der Waals surface area contributed by atoms with Gasteiger partial charge >= 0.3 is 0 Å². The second-order valence-corrected chi connectivity index (χ2v) is 5.13. The molecule has 12 heavy (non-hydrogen) atoms. The van der Waals surface area contributed by atoms with Gasteiger partial charge in [-0.3, -0.25) is 4.90 Å². The van der Waals surface area contributed by atoms with E-state index in [9.17, 15) is 0 Å². The van der Waals surface area contributed by atoms with Crippen molar-refractivity contribution in [3.63, 3.8) is 0 Å². The fourth-order valence-electron chi connectivity index (χ4n) is 2.65. The predicted octanol–water partition coefficient (Wildman–Crippen LogP) is 2.86. The molecule has 0 unspecified atom stereocenters. The third-order valence-corrected chi connectivity index (χ3v) is 3.26. The maximum absolute atomic E-state index is 4.03. The van der Waals surface area contributed by atoms with E-state index in [2.05, 4.69) is 39.5 Å². The van der Waals surface area contributed by atoms with Gasteiger partial charge in [-0.15, -0.1) is 0 Å². The highest BCUT2D eigenvalue weighted by molar-refractivity contribution is 4.96. The number of hydrogen-bond donors (Lipinski definition) is 0. The van der Waals surface area contributed by atoms with Gasteiger partial charge in [-0.2, -0.15) is 0 Å². The van der Waals surface area contributed by atoms with E-state index in [-0.39, 0.29) is 0 Å². The quantitative estimate of drug-likeness (QED) is 0.582. The molecular weight excluding hydrogens is 146 g/mol. The molecule has 0 aromatic carbocycles. The molecule has 0 bridgehead atoms. The van der Waals surface area contributed by atoms with Crippen LogP contribution in [0.25, 0.3) is 0 Å². The molecule has 0 aromatic rings. The van der Waals surface area contributed by atoms with Crippen molar-refractivity contribution in [2.24, 2.45) is 0 Å². The number of hydrogen-bond acceptors (Lipinski definition) is 1. The summed E-state index contributed by atoms with van der Waals surface area (Å²) in [5.41, 5.74) is 0.701. The van der Waals surface area contributed by atoms with E-state index >= 15 is 0 Å². The van der Waals surface area contributed by atoms with Crippen LogP contribution in [0.15, 0.2) is 0 Å². The highest BCUT2D eigenvalue weighted by Crippen LogP contribution is 2.37. The largest absolute Gasteiger partial charge is 0.293 e. The fourth-order valence-corrected chi connectivity index (χ4v) is 2.65. The summed E-state index contributed by atoms with van der Waals surface area (Å²) in [4.78, 5) is 2.53. The van der Waals surface area contributed by atoms with E-state index < -0.39 is 0 Å². The van der Waals surface area contributed by atoms with Gasteiger partial charge in [0.05, 0.1) is 0 Å². The summed E-state index contributed by atoms with van der Waals surface area (Å²) < 4.78 is 0. The van der Waals surface area contributed by atoms with Crippen molar-refractivity contribution in [2.45, 2.75) is 58.0 Å². The standard InChI is InChI=1S/C11H22N/c1-6-12-10(2,3)8-7-9-11(12,4)5/h1,6-9H2,2-5H3. The monoisotopic (exact) mass is 168 g/mol. The number of nitrogens with zero attached hydrogens (tertiary/aromatic N) is 1. The molecule has 0 spiro atoms. The molecule has 1 heterocycles. The van der Waals surface area contributed by atoms with Crippen LogP contribution in [0.1, 0.15) is 47.0 Å². The molecular formula is C11H22N. The molecule has 1 aliphatic heterocycles. The molecule has 1 fully saturated rings. The van der Waals surface area contributed by atoms with Crippen molar-refractivity contribution in [3.05, 3.63) is 6.92 Å². The third kappa shape index (κ3) is 1.66. The topological polar surface area (TPSA) is 3.24 Å². The van der Waals surface area contributed by atoms with Gasteiger partial charge in [-0.05, 0) is 60.4 Å². The van der Waals surface area contributed by atoms with Gasteiger partial charge < -0.3 is 0 Å². The Labute approximate surface area is 77.1 Å². The van der Waals surface area contributed by atoms with Gasteiger partial charge in [0.1, 0.15) is 0 Å². The van der Waals surface area contributed by atoms with Crippen LogP contribution < -0.4 is 0 Å². The minimum absolute atomic E-state index is 0.351. The van der Waals surface area contributed by atoms with Gasteiger partial charge in [0, 0.05) is 11.1 Å². The Balaban J connectivity index is 2.81. The Bertz CT molecular complexity index is 142. The second-order valence-electron chi connectivity index (χ2n) is 5.13. The van der Waals surface area contributed by atoms with Gasteiger partial charge in [0.15, 0.2) is 0 Å². The zero-order valence-corrected chi connectivity index (χ0v) is 8.98. The summed E-state index contributed by atoms with van der Waals surface area (Å²) in [5.74, 6) is 0. The lowest BCUT2D eigenvalue weighted by atomic mass is 9.80. The van der Waals surface area contributed by atoms with Gasteiger partial charge in [-0.25, -0.2) is 0 Å². The smallest absolute Gasteiger partial charge is 0.0158 e. The maximum atomic E-state index is 4.03. The van der Waals surface area contributed by atoms with Crippen LogP contribution in [-0.2, 0) is 0 Å². The first kappa shape index (κ1) is 10.0. The summed E-state index contributed by atoms with van der Waals surface area (Å²) in [6.45, 7) is 14.3. The molecule has 0 aromatic heterocycles. The molecule has 1 saturated heterocycles. The Hall–Kier alpha value is -0.0400. The van der Waals surface area contributed by atoms with Crippen LogP contribution >= 0.6 is 0 Å². The zero-order valence-electron chi connectivity index (χ0n) is 8.98. The highest BCUT2D eigenvalue weighted by Gasteiger charge is 2.39. The second kappa shape index (κ2) is 3.02. The van der Waals surface area contributed by atoms with Crippen LogP contribution in [0.4, 0.5) is 0 Å². The SMILES string of the molecule is [CH2]CN1C(C)(C)CCCC1(C)C. The van der Waals surface area contributed by atoms with E-state index in [1.807, 2.05) is 0 Å². The first-order chi connectivity index (χ1) is 5.40. The van der Waals surface area contributed by atoms with E-state index in [1.54, 1.807) is 0 Å². The van der Waals surface area contributed by atoms with Gasteiger partial charge in [-0.1, -0.05) is 0 Å². The Morgan fingerprint density at radius 3 is 1.75 bits per heavy atom. The molecule has 71 valence electrons. The molecule has 0 N–H and O–H groups in total. The minimum atomic E-state index is 0.351. The highest BCUT2D eigenvalue weighted by atomic mass is 15.2. The Morgan fingerprint density at radius 1 is 1.08 bits per heavy atom. The van der Waals surface area contributed by atoms with Crippen LogP contribution in [0.5, 0.6) is 0 Å². The average Bonchev–Trinajstić information content (AvgIpc) is 1.83. The van der Waals surface area contributed by atoms with Crippen molar-refractivity contribution in [3.8, 4) is 0 Å². The lowest BCUT2D eigenvalue weighted by molar-refractivity contribution is -0.0168. The summed E-state index contributed by atoms with van der Waals surface area (Å²) >= 11 is 0. The number of likely N-dealkylation sites (tertiary alicyclic amines) is 1. The third-order valence-electron chi connectivity index (χ3n) is 3.26. The van der Waals surface area contributed by atoms with E-state index in [4.69, 9.17) is 0 Å². The van der Waals surface area contributed by atoms with Crippen molar-refractivity contribution >= 4 is 0 Å². The molecule has 0 amide bonds. The summed E-state index contributed by atoms with van der Waals surface area (Å²) in [6, 6.07) is 0. The molecule has 1 aliphatic rings. The number of rotatable bonds is 1. The van der Waals surface area contributed by atoms with Crippen molar-refractivity contribution < 1.29 is 0 Å². The molecule has 1 rings (SSSR count). The normalized spacial score (nSPS) is 28.8. The number of piperidine rings is 1. The molecule has 1 heteroatoms. The van der Waals surface area contributed by atoms with E-state index in [1.165, 1.54) is 19.3 Å². The lowest BCUT2D eigenvalue weighted by Gasteiger charge is -2.52. The molecule has 0 aliphatic carbocycles. The van der Waals surface area contributed by atoms with Gasteiger partial charge in [0.2, 0.25) is 0 Å². The van der Waals surface area contributed by atoms with Gasteiger partial charge in [0.25, 0.3) is 0 Å². The molecule has 0 saturated carbocycles. The molecule has 1 radical (unpaired) electrons. The molecule has 1 nitrogen and oxygen atoms in total. The van der Waals surface area contributed by atoms with Crippen LogP contribution in [-0.4, -0.2) is 22.5 Å². The summed E-state index contributed by atoms with van der Waals surface area (Å²) in [5, 5.41) is 0. The maximum Gasteiger partial charge on any atom is 0.0158 e. The van der Waals surface area contributed by atoms with Crippen molar-refractivity contribution in [2.75, 3.05) is 6.54 Å². The van der Waals surface area contributed by atoms with Crippen LogP contribution in [0, 0.1) is 6.92 Å². The van der Waals surface area contributed by atoms with E-state index in [0.29, 0.717) is 11.1 Å². The molecule has 0 atom stereocenters. The fraction of sp³-hybridized carbons (Fsp3) is 0.909. The lowest BCUT2D eigenvalue weighted by Crippen LogP contribution is -2.58. The summed E-state index contributed by atoms with van der Waals surface area (Å²) in [7, 11) is 0. The summed E-state index contributed by atoms with van der Waals surface area (Å²) in [6.07, 6.45) is 3.98. The van der Waals surface area contributed by atoms with Crippen molar-refractivity contribution in [1.82, 2.24) is 4.90 Å². The zero-order chi connectivity index (χ0) is 9.41.